The van der Waals surface area contributed by atoms with E-state index in [1.165, 1.54) is 5.57 Å². The average molecular weight is 410 g/mol. The second-order valence-electron chi connectivity index (χ2n) is 7.63. The molecule has 0 saturated heterocycles. The van der Waals surface area contributed by atoms with Crippen LogP contribution in [0.2, 0.25) is 0 Å². The van der Waals surface area contributed by atoms with Crippen LogP contribution in [0.3, 0.4) is 0 Å². The van der Waals surface area contributed by atoms with Gasteiger partial charge in [0.05, 0.1) is 5.76 Å². The molecule has 0 aromatic heterocycles. The van der Waals surface area contributed by atoms with Crippen molar-refractivity contribution >= 4 is 6.03 Å². The molecule has 9 heteroatoms. The number of unbranched alkanes of at least 4 members (excludes halogenated alkanes) is 1. The molecule has 1 aliphatic carbocycles. The molecule has 0 aromatic rings. The number of aliphatic hydroxyl groups is 1. The highest BCUT2D eigenvalue weighted by Gasteiger charge is 2.16. The largest absolute Gasteiger partial charge is 0.512 e. The molecule has 0 heterocycles. The zero-order chi connectivity index (χ0) is 21.6. The van der Waals surface area contributed by atoms with Crippen LogP contribution in [0.25, 0.3) is 0 Å². The minimum Gasteiger partial charge on any atom is -0.512 e. The number of nitrogens with zero attached hydrogens (tertiary/aromatic N) is 2. The smallest absolute Gasteiger partial charge is 0.314 e. The number of aliphatic hydroxyl groups excluding tert-OH is 1. The molecule has 9 N–H and O–H groups in total. The number of nitrogens with one attached hydrogen (secondary N) is 2. The molecular formula is C20H39N7O2. The molecule has 2 amide bonds. The molecule has 29 heavy (non-hydrogen) atoms. The van der Waals surface area contributed by atoms with Gasteiger partial charge in [-0.1, -0.05) is 11.6 Å². The Bertz CT molecular complexity index is 587. The molecule has 166 valence electrons. The van der Waals surface area contributed by atoms with E-state index >= 15 is 0 Å². The van der Waals surface area contributed by atoms with Crippen LogP contribution >= 0.6 is 0 Å². The summed E-state index contributed by atoms with van der Waals surface area (Å²) >= 11 is 0. The van der Waals surface area contributed by atoms with E-state index in [-0.39, 0.29) is 12.1 Å². The van der Waals surface area contributed by atoms with Gasteiger partial charge in [0.2, 0.25) is 0 Å². The van der Waals surface area contributed by atoms with Gasteiger partial charge in [0.25, 0.3) is 0 Å². The molecule has 0 saturated carbocycles. The predicted octanol–water partition coefficient (Wildman–Crippen LogP) is 0.873. The highest BCUT2D eigenvalue weighted by Crippen LogP contribution is 2.21. The summed E-state index contributed by atoms with van der Waals surface area (Å²) in [5, 5.41) is 16.8. The lowest BCUT2D eigenvalue weighted by Crippen LogP contribution is -2.44. The van der Waals surface area contributed by atoms with Crippen LogP contribution in [0, 0.1) is 0 Å². The average Bonchev–Trinajstić information content (AvgIpc) is 2.66. The summed E-state index contributed by atoms with van der Waals surface area (Å²) in [6.45, 7) is 2.32. The summed E-state index contributed by atoms with van der Waals surface area (Å²) in [5.41, 5.74) is 13.3. The molecule has 0 spiro atoms. The maximum absolute atomic E-state index is 12.1. The molecule has 0 radical (unpaired) electrons. The third-order valence-corrected chi connectivity index (χ3v) is 4.84. The Morgan fingerprint density at radius 3 is 2.66 bits per heavy atom. The maximum Gasteiger partial charge on any atom is 0.314 e. The normalized spacial score (nSPS) is 15.6. The number of carbonyl (C=O) groups is 1. The Kier molecular flexibility index (Phi) is 11.9. The fourth-order valence-electron chi connectivity index (χ4n) is 2.95. The lowest BCUT2D eigenvalue weighted by Gasteiger charge is -2.26. The first-order valence-electron chi connectivity index (χ1n) is 10.2. The summed E-state index contributed by atoms with van der Waals surface area (Å²) in [7, 11) is 4.00. The summed E-state index contributed by atoms with van der Waals surface area (Å²) in [4.78, 5) is 14.2. The summed E-state index contributed by atoms with van der Waals surface area (Å²) in [6.07, 6.45) is 10.2. The first kappa shape index (κ1) is 24.8. The van der Waals surface area contributed by atoms with Gasteiger partial charge in [0.15, 0.2) is 0 Å². The minimum atomic E-state index is -0.215. The van der Waals surface area contributed by atoms with E-state index in [1.807, 2.05) is 20.2 Å². The minimum absolute atomic E-state index is 0.185. The van der Waals surface area contributed by atoms with Crippen LogP contribution in [0.15, 0.2) is 35.4 Å². The van der Waals surface area contributed by atoms with Crippen molar-refractivity contribution in [1.29, 1.82) is 0 Å². The van der Waals surface area contributed by atoms with Crippen molar-refractivity contribution in [2.75, 3.05) is 40.3 Å². The monoisotopic (exact) mass is 409 g/mol. The molecule has 0 aliphatic heterocycles. The van der Waals surface area contributed by atoms with E-state index in [4.69, 9.17) is 17.3 Å². The van der Waals surface area contributed by atoms with Crippen LogP contribution in [0.1, 0.15) is 38.5 Å². The Morgan fingerprint density at radius 1 is 1.28 bits per heavy atom. The number of urea groups is 1. The van der Waals surface area contributed by atoms with E-state index in [9.17, 15) is 9.90 Å². The molecule has 1 aliphatic rings. The SMILES string of the molecule is CN(C)C(CNC(=O)NCC/C(N)=C/N(N)CCCCN)CC1=CC=C(O)CC1. The molecule has 1 atom stereocenters. The van der Waals surface area contributed by atoms with Crippen molar-refractivity contribution in [1.82, 2.24) is 20.5 Å². The van der Waals surface area contributed by atoms with Crippen LogP contribution in [-0.4, -0.2) is 67.4 Å². The van der Waals surface area contributed by atoms with Gasteiger partial charge < -0.3 is 37.1 Å². The van der Waals surface area contributed by atoms with Gasteiger partial charge in [0.1, 0.15) is 0 Å². The third-order valence-electron chi connectivity index (χ3n) is 4.84. The van der Waals surface area contributed by atoms with Crippen molar-refractivity contribution in [3.63, 3.8) is 0 Å². The molecule has 0 fully saturated rings. The quantitative estimate of drug-likeness (QED) is 0.150. The van der Waals surface area contributed by atoms with E-state index in [0.717, 1.165) is 25.7 Å². The Hall–Kier alpha value is -2.23. The van der Waals surface area contributed by atoms with Crippen molar-refractivity contribution in [3.8, 4) is 0 Å². The zero-order valence-electron chi connectivity index (χ0n) is 17.9. The second kappa shape index (κ2) is 13.9. The van der Waals surface area contributed by atoms with Gasteiger partial charge in [-0.3, -0.25) is 0 Å². The highest BCUT2D eigenvalue weighted by atomic mass is 16.3. The number of hydrogen-bond donors (Lipinski definition) is 6. The number of carbonyl (C=O) groups excluding carboxylic acids is 1. The van der Waals surface area contributed by atoms with Gasteiger partial charge in [-0.05, 0) is 52.4 Å². The van der Waals surface area contributed by atoms with Gasteiger partial charge in [0, 0.05) is 50.4 Å². The van der Waals surface area contributed by atoms with Gasteiger partial charge in [-0.25, -0.2) is 10.6 Å². The Balaban J connectivity index is 2.30. The zero-order valence-corrected chi connectivity index (χ0v) is 17.9. The first-order chi connectivity index (χ1) is 13.8. The van der Waals surface area contributed by atoms with Gasteiger partial charge in [-0.2, -0.15) is 0 Å². The summed E-state index contributed by atoms with van der Waals surface area (Å²) in [6, 6.07) is -0.0303. The molecule has 9 nitrogen and oxygen atoms in total. The number of hydrogen-bond acceptors (Lipinski definition) is 7. The van der Waals surface area contributed by atoms with Gasteiger partial charge in [-0.15, -0.1) is 0 Å². The van der Waals surface area contributed by atoms with Crippen molar-refractivity contribution in [3.05, 3.63) is 35.4 Å². The fourth-order valence-corrected chi connectivity index (χ4v) is 2.95. The lowest BCUT2D eigenvalue weighted by atomic mass is 9.96. The molecule has 1 unspecified atom stereocenters. The molecule has 1 rings (SSSR count). The number of allylic oxidation sites excluding steroid dienone is 3. The second-order valence-corrected chi connectivity index (χ2v) is 7.63. The summed E-state index contributed by atoms with van der Waals surface area (Å²) < 4.78 is 0. The van der Waals surface area contributed by atoms with Crippen LogP contribution in [0.4, 0.5) is 4.79 Å². The Morgan fingerprint density at radius 2 is 2.03 bits per heavy atom. The maximum atomic E-state index is 12.1. The van der Waals surface area contributed by atoms with Crippen LogP contribution in [-0.2, 0) is 0 Å². The topological polar surface area (TPSA) is 146 Å². The Labute approximate surface area is 174 Å². The van der Waals surface area contributed by atoms with E-state index in [0.29, 0.717) is 50.5 Å². The van der Waals surface area contributed by atoms with E-state index in [2.05, 4.69) is 15.5 Å². The molecule has 0 aromatic carbocycles. The number of hydrazine groups is 1. The van der Waals surface area contributed by atoms with Crippen molar-refractivity contribution in [2.24, 2.45) is 17.3 Å². The fraction of sp³-hybridized carbons (Fsp3) is 0.650. The van der Waals surface area contributed by atoms with Crippen molar-refractivity contribution in [2.45, 2.75) is 44.6 Å². The number of nitrogens with two attached hydrogens (primary N) is 3. The lowest BCUT2D eigenvalue weighted by molar-refractivity contribution is 0.231. The standard InChI is InChI=1S/C20H39N7O2/c1-26(2)18(13-16-5-7-19(28)8-6-16)14-25-20(29)24-11-9-17(22)15-27(23)12-4-3-10-21/h5,7,15,18,28H,3-4,6,8-14,21-23H2,1-2H3,(H2,24,25,29)/b17-15-. The third kappa shape index (κ3) is 11.4. The van der Waals surface area contributed by atoms with Gasteiger partial charge >= 0.3 is 6.03 Å². The number of amides is 2. The number of rotatable bonds is 13. The summed E-state index contributed by atoms with van der Waals surface area (Å²) in [5.74, 6) is 6.28. The van der Waals surface area contributed by atoms with E-state index < -0.39 is 0 Å². The van der Waals surface area contributed by atoms with Crippen LogP contribution in [0.5, 0.6) is 0 Å². The van der Waals surface area contributed by atoms with Crippen LogP contribution < -0.4 is 27.9 Å². The number of likely N-dealkylation sites (N-methyl/N-ethyl adjacent to an activating group) is 1. The van der Waals surface area contributed by atoms with Crippen molar-refractivity contribution < 1.29 is 9.90 Å². The van der Waals surface area contributed by atoms with E-state index in [1.54, 1.807) is 17.3 Å². The predicted molar refractivity (Wildman–Crippen MR) is 118 cm³/mol. The highest BCUT2D eigenvalue weighted by molar-refractivity contribution is 5.73. The molecule has 0 bridgehead atoms. The molecular weight excluding hydrogens is 370 g/mol. The first-order valence-corrected chi connectivity index (χ1v) is 10.2.